The van der Waals surface area contributed by atoms with E-state index in [0.717, 1.165) is 42.7 Å². The number of aromatic hydroxyl groups is 1. The Labute approximate surface area is 201 Å². The van der Waals surface area contributed by atoms with E-state index < -0.39 is 4.92 Å². The number of fused-ring (bicyclic) bond motifs is 1. The van der Waals surface area contributed by atoms with Gasteiger partial charge in [0.15, 0.2) is 29.5 Å². The monoisotopic (exact) mass is 476 g/mol. The molecule has 0 amide bonds. The number of phenolic OH excluding ortho intramolecular Hbond substituents is 1. The number of ether oxygens (including phenoxy) is 2. The van der Waals surface area contributed by atoms with E-state index in [9.17, 15) is 15.2 Å². The zero-order chi connectivity index (χ0) is 23.1. The molecule has 0 aromatic heterocycles. The van der Waals surface area contributed by atoms with Crippen LogP contribution in [0.2, 0.25) is 0 Å². The second-order valence-corrected chi connectivity index (χ2v) is 8.23. The summed E-state index contributed by atoms with van der Waals surface area (Å²) < 4.78 is 13.4. The van der Waals surface area contributed by atoms with E-state index in [-0.39, 0.29) is 23.8 Å². The minimum absolute atomic E-state index is 0. The Kier molecular flexibility index (Phi) is 9.97. The number of halogens is 1. The second-order valence-electron chi connectivity index (χ2n) is 8.23. The van der Waals surface area contributed by atoms with E-state index in [1.807, 2.05) is 0 Å². The van der Waals surface area contributed by atoms with Gasteiger partial charge in [-0.3, -0.25) is 10.1 Å². The molecule has 33 heavy (non-hydrogen) atoms. The zero-order valence-electron chi connectivity index (χ0n) is 19.6. The summed E-state index contributed by atoms with van der Waals surface area (Å²) >= 11 is 0. The minimum Gasteiger partial charge on any atom is -1.00 e. The van der Waals surface area contributed by atoms with Gasteiger partial charge >= 0.3 is 5.69 Å². The maximum atomic E-state index is 11.3. The molecule has 2 aromatic rings. The number of nitrogens with zero attached hydrogens (tertiary/aromatic N) is 2. The van der Waals surface area contributed by atoms with Gasteiger partial charge in [-0.1, -0.05) is 32.6 Å². The molecule has 0 fully saturated rings. The maximum absolute atomic E-state index is 11.3. The van der Waals surface area contributed by atoms with Gasteiger partial charge in [-0.25, -0.2) is 4.58 Å². The van der Waals surface area contributed by atoms with Gasteiger partial charge in [0.1, 0.15) is 6.54 Å². The Morgan fingerprint density at radius 1 is 1.06 bits per heavy atom. The number of phenols is 1. The minimum atomic E-state index is -0.542. The molecule has 8 heteroatoms. The lowest BCUT2D eigenvalue weighted by atomic mass is 9.92. The van der Waals surface area contributed by atoms with Crippen LogP contribution in [0.3, 0.4) is 0 Å². The topological polar surface area (TPSA) is 84.8 Å². The lowest BCUT2D eigenvalue weighted by Crippen LogP contribution is -3.00. The summed E-state index contributed by atoms with van der Waals surface area (Å²) in [4.78, 5) is 10.7. The van der Waals surface area contributed by atoms with Crippen LogP contribution < -0.4 is 21.9 Å². The van der Waals surface area contributed by atoms with Gasteiger partial charge in [0.25, 0.3) is 0 Å². The smallest absolute Gasteiger partial charge is 0.311 e. The van der Waals surface area contributed by atoms with Crippen LogP contribution in [-0.4, -0.2) is 41.1 Å². The molecule has 0 saturated carbocycles. The number of benzene rings is 2. The fourth-order valence-electron chi connectivity index (χ4n) is 4.35. The predicted molar refractivity (Wildman–Crippen MR) is 124 cm³/mol. The third-order valence-electron chi connectivity index (χ3n) is 6.08. The van der Waals surface area contributed by atoms with Gasteiger partial charge in [-0.05, 0) is 36.2 Å². The average Bonchev–Trinajstić information content (AvgIpc) is 2.79. The highest BCUT2D eigenvalue weighted by molar-refractivity contribution is 5.99. The Bertz CT molecular complexity index is 1010. The molecule has 1 aliphatic heterocycles. The van der Waals surface area contributed by atoms with Crippen molar-refractivity contribution in [1.82, 2.24) is 0 Å². The summed E-state index contributed by atoms with van der Waals surface area (Å²) in [5.41, 5.74) is 4.19. The van der Waals surface area contributed by atoms with Crippen LogP contribution in [0.5, 0.6) is 17.2 Å². The van der Waals surface area contributed by atoms with Crippen molar-refractivity contribution < 1.29 is 36.5 Å². The average molecular weight is 477 g/mol. The molecule has 0 atom stereocenters. The second kappa shape index (κ2) is 12.4. The van der Waals surface area contributed by atoms with Gasteiger partial charge < -0.3 is 27.0 Å². The molecular weight excluding hydrogens is 444 g/mol. The van der Waals surface area contributed by atoms with Crippen LogP contribution in [-0.2, 0) is 13.0 Å². The Morgan fingerprint density at radius 2 is 1.76 bits per heavy atom. The van der Waals surface area contributed by atoms with E-state index in [2.05, 4.69) is 23.6 Å². The van der Waals surface area contributed by atoms with Gasteiger partial charge in [-0.15, -0.1) is 0 Å². The van der Waals surface area contributed by atoms with Crippen LogP contribution in [0.4, 0.5) is 5.69 Å². The molecule has 3 rings (SSSR count). The van der Waals surface area contributed by atoms with Gasteiger partial charge in [-0.2, -0.15) is 0 Å². The SMILES string of the molecule is CCCCCCCC1=[N+](Cc2ccc(O)c([N+](=O)[O-])c2)CCc2cc(OC)c(OC)cc21.[Cl-]. The van der Waals surface area contributed by atoms with E-state index >= 15 is 0 Å². The Morgan fingerprint density at radius 3 is 2.42 bits per heavy atom. The van der Waals surface area contributed by atoms with Crippen LogP contribution in [0.1, 0.15) is 62.1 Å². The number of unbranched alkanes of at least 4 members (excludes halogenated alkanes) is 4. The molecule has 0 bridgehead atoms. The van der Waals surface area contributed by atoms with Crippen LogP contribution in [0.25, 0.3) is 0 Å². The van der Waals surface area contributed by atoms with Crippen molar-refractivity contribution >= 4 is 11.4 Å². The molecule has 180 valence electrons. The van der Waals surface area contributed by atoms with Crippen molar-refractivity contribution in [3.8, 4) is 17.2 Å². The van der Waals surface area contributed by atoms with Crippen LogP contribution in [0, 0.1) is 10.1 Å². The fourth-order valence-corrected chi connectivity index (χ4v) is 4.35. The largest absolute Gasteiger partial charge is 1.00 e. The van der Waals surface area contributed by atoms with Crippen LogP contribution in [0.15, 0.2) is 30.3 Å². The van der Waals surface area contributed by atoms with Crippen LogP contribution >= 0.6 is 0 Å². The van der Waals surface area contributed by atoms with Gasteiger partial charge in [0, 0.05) is 30.0 Å². The van der Waals surface area contributed by atoms with E-state index in [0.29, 0.717) is 12.3 Å². The first-order valence-electron chi connectivity index (χ1n) is 11.3. The first-order chi connectivity index (χ1) is 15.5. The summed E-state index contributed by atoms with van der Waals surface area (Å²) in [5, 5.41) is 21.1. The highest BCUT2D eigenvalue weighted by Crippen LogP contribution is 2.34. The summed E-state index contributed by atoms with van der Waals surface area (Å²) in [5.74, 6) is 1.13. The third-order valence-corrected chi connectivity index (χ3v) is 6.08. The summed E-state index contributed by atoms with van der Waals surface area (Å²) in [6.45, 7) is 3.59. The highest BCUT2D eigenvalue weighted by Gasteiger charge is 2.28. The lowest BCUT2D eigenvalue weighted by molar-refractivity contribution is -0.545. The van der Waals surface area contributed by atoms with E-state index in [1.54, 1.807) is 20.3 Å². The maximum Gasteiger partial charge on any atom is 0.311 e. The first-order valence-corrected chi connectivity index (χ1v) is 11.3. The van der Waals surface area contributed by atoms with Crippen molar-refractivity contribution in [3.05, 3.63) is 57.1 Å². The highest BCUT2D eigenvalue weighted by atomic mass is 35.5. The summed E-state index contributed by atoms with van der Waals surface area (Å²) in [6.07, 6.45) is 7.75. The summed E-state index contributed by atoms with van der Waals surface area (Å²) in [6, 6.07) is 8.75. The molecule has 1 heterocycles. The van der Waals surface area contributed by atoms with Crippen molar-refractivity contribution in [2.45, 2.75) is 58.4 Å². The molecule has 0 unspecified atom stereocenters. The van der Waals surface area contributed by atoms with Crippen molar-refractivity contribution in [2.24, 2.45) is 0 Å². The number of methoxy groups -OCH3 is 2. The van der Waals surface area contributed by atoms with Crippen molar-refractivity contribution in [1.29, 1.82) is 0 Å². The van der Waals surface area contributed by atoms with E-state index in [4.69, 9.17) is 9.47 Å². The molecule has 0 aliphatic carbocycles. The zero-order valence-corrected chi connectivity index (χ0v) is 20.4. The molecule has 7 nitrogen and oxygen atoms in total. The standard InChI is InChI=1S/C25H32N2O5.ClH/c1-4-5-6-7-8-9-21-20-16-25(32-3)24(31-2)15-19(20)12-13-26(21)17-18-10-11-23(28)22(14-18)27(29)30;/h10-11,14-16H,4-9,12-13,17H2,1-3H3;1H. The number of rotatable bonds is 11. The molecule has 0 saturated heterocycles. The molecular formula is C25H33ClN2O5. The van der Waals surface area contributed by atoms with Gasteiger partial charge in [0.05, 0.1) is 19.1 Å². The quantitative estimate of drug-likeness (QED) is 0.233. The Balaban J connectivity index is 0.00000385. The molecule has 0 spiro atoms. The molecule has 1 aliphatic rings. The lowest BCUT2D eigenvalue weighted by Gasteiger charge is -2.21. The van der Waals surface area contributed by atoms with Crippen molar-refractivity contribution in [3.63, 3.8) is 0 Å². The number of hydrogen-bond acceptors (Lipinski definition) is 5. The fraction of sp³-hybridized carbons (Fsp3) is 0.480. The number of hydrogen-bond donors (Lipinski definition) is 1. The van der Waals surface area contributed by atoms with E-state index in [1.165, 1.54) is 49.1 Å². The number of nitro groups is 1. The van der Waals surface area contributed by atoms with Gasteiger partial charge in [0.2, 0.25) is 0 Å². The molecule has 2 aromatic carbocycles. The summed E-state index contributed by atoms with van der Waals surface area (Å²) in [7, 11) is 3.29. The predicted octanol–water partition coefficient (Wildman–Crippen LogP) is 2.24. The number of nitro benzene ring substituents is 1. The Hall–Kier alpha value is -2.80. The normalized spacial score (nSPS) is 12.7. The van der Waals surface area contributed by atoms with Crippen molar-refractivity contribution in [2.75, 3.05) is 20.8 Å². The first kappa shape index (κ1) is 26.5. The molecule has 0 radical (unpaired) electrons. The third kappa shape index (κ3) is 6.38. The molecule has 1 N–H and O–H groups in total.